The fourth-order valence-electron chi connectivity index (χ4n) is 0.743. The molecule has 0 amide bonds. The predicted molar refractivity (Wildman–Crippen MR) is 150 cm³/mol. The van der Waals surface area contributed by atoms with Crippen LogP contribution >= 0.6 is 0 Å². The SMILES string of the molecule is CC[C@@H](N)CO.CC[C@@H](N)CO.CC[C@H](N)CO.CC[C@H](N)CO.C[C@@H](O)[C@@H](N)CO.NC[C@H](O)CO. The van der Waals surface area contributed by atoms with Crippen LogP contribution in [0.2, 0.25) is 0 Å². The molecule has 0 aliphatic carbocycles. The first-order valence-corrected chi connectivity index (χ1v) is 12.7. The summed E-state index contributed by atoms with van der Waals surface area (Å²) in [6.07, 6.45) is 2.09. The molecule has 14 nitrogen and oxygen atoms in total. The average molecular weight is 553 g/mol. The van der Waals surface area contributed by atoms with Crippen molar-refractivity contribution in [2.75, 3.05) is 46.2 Å². The summed E-state index contributed by atoms with van der Waals surface area (Å²) in [6.45, 7) is 9.50. The maximum absolute atomic E-state index is 8.54. The van der Waals surface area contributed by atoms with Gasteiger partial charge in [-0.15, -0.1) is 0 Å². The van der Waals surface area contributed by atoms with Crippen LogP contribution in [0.1, 0.15) is 60.3 Å². The highest BCUT2D eigenvalue weighted by Crippen LogP contribution is 1.83. The highest BCUT2D eigenvalue weighted by molar-refractivity contribution is 4.63. The Bertz CT molecular complexity index is 289. The van der Waals surface area contributed by atoms with E-state index in [0.29, 0.717) is 0 Å². The second-order valence-corrected chi connectivity index (χ2v) is 8.06. The van der Waals surface area contributed by atoms with E-state index in [4.69, 9.17) is 75.3 Å². The largest absolute Gasteiger partial charge is 0.395 e. The van der Waals surface area contributed by atoms with E-state index in [9.17, 15) is 0 Å². The molecule has 0 aliphatic heterocycles. The molecular weight excluding hydrogens is 488 g/mol. The predicted octanol–water partition coefficient (Wildman–Crippen LogP) is -4.15. The van der Waals surface area contributed by atoms with Gasteiger partial charge in [0, 0.05) is 30.7 Å². The Kier molecular flexibility index (Phi) is 56.8. The summed E-state index contributed by atoms with van der Waals surface area (Å²) in [5.41, 5.74) is 30.9. The van der Waals surface area contributed by atoms with E-state index >= 15 is 0 Å². The van der Waals surface area contributed by atoms with Gasteiger partial charge in [-0.2, -0.15) is 0 Å². The molecular formula is C23H64N6O8. The first-order valence-electron chi connectivity index (χ1n) is 12.7. The van der Waals surface area contributed by atoms with Crippen LogP contribution in [0.5, 0.6) is 0 Å². The Morgan fingerprint density at radius 3 is 0.730 bits per heavy atom. The first-order chi connectivity index (χ1) is 17.2. The number of aliphatic hydroxyl groups is 8. The highest BCUT2D eigenvalue weighted by atomic mass is 16.3. The Balaban J connectivity index is -0.0000000780. The lowest BCUT2D eigenvalue weighted by atomic mass is 10.2. The summed E-state index contributed by atoms with van der Waals surface area (Å²) in [4.78, 5) is 0. The average Bonchev–Trinajstić information content (AvgIpc) is 2.95. The molecule has 0 aromatic rings. The Morgan fingerprint density at radius 1 is 0.486 bits per heavy atom. The van der Waals surface area contributed by atoms with Crippen LogP contribution in [-0.4, -0.2) is 129 Å². The summed E-state index contributed by atoms with van der Waals surface area (Å²) in [5, 5.41) is 65.9. The minimum Gasteiger partial charge on any atom is -0.395 e. The lowest BCUT2D eigenvalue weighted by Gasteiger charge is -2.08. The zero-order valence-corrected chi connectivity index (χ0v) is 23.9. The van der Waals surface area contributed by atoms with Crippen LogP contribution in [0.15, 0.2) is 0 Å². The van der Waals surface area contributed by atoms with Crippen LogP contribution in [0, 0.1) is 0 Å². The Labute approximate surface area is 224 Å². The van der Waals surface area contributed by atoms with Crippen molar-refractivity contribution < 1.29 is 40.9 Å². The van der Waals surface area contributed by atoms with Gasteiger partial charge in [0.2, 0.25) is 0 Å². The van der Waals surface area contributed by atoms with Gasteiger partial charge >= 0.3 is 0 Å². The third-order valence-electron chi connectivity index (χ3n) is 4.35. The number of rotatable bonds is 12. The summed E-state index contributed by atoms with van der Waals surface area (Å²) >= 11 is 0. The number of hydrogen-bond acceptors (Lipinski definition) is 14. The van der Waals surface area contributed by atoms with Gasteiger partial charge in [0.25, 0.3) is 0 Å². The van der Waals surface area contributed by atoms with Crippen molar-refractivity contribution >= 4 is 0 Å². The lowest BCUT2D eigenvalue weighted by molar-refractivity contribution is 0.102. The number of aliphatic hydroxyl groups excluding tert-OH is 8. The monoisotopic (exact) mass is 552 g/mol. The normalized spacial score (nSPS) is 15.3. The lowest BCUT2D eigenvalue weighted by Crippen LogP contribution is -2.35. The van der Waals surface area contributed by atoms with E-state index in [1.165, 1.54) is 0 Å². The molecule has 0 aromatic carbocycles. The molecule has 0 unspecified atom stereocenters. The van der Waals surface area contributed by atoms with Gasteiger partial charge in [-0.1, -0.05) is 27.7 Å². The standard InChI is InChI=1S/C4H11NO2.4C4H11NO.C3H9NO2/c1-3(7)4(5)2-6;4*1-2-4(5)3-6;4-1-3(6)2-5/h3-4,6-7H,2,5H2,1H3;4*4,6H,2-3,5H2,1H3;3,5-6H,1-2,4H2/t3-,4+;4*4-;3-/m111000/s1. The molecule has 0 aromatic heterocycles. The Hall–Kier alpha value is -0.560. The van der Waals surface area contributed by atoms with Gasteiger partial charge in [-0.3, -0.25) is 0 Å². The molecule has 0 heterocycles. The van der Waals surface area contributed by atoms with Crippen molar-refractivity contribution in [1.29, 1.82) is 0 Å². The molecule has 0 fully saturated rings. The third-order valence-corrected chi connectivity index (χ3v) is 4.35. The van der Waals surface area contributed by atoms with Crippen molar-refractivity contribution in [3.8, 4) is 0 Å². The van der Waals surface area contributed by atoms with E-state index < -0.39 is 18.2 Å². The van der Waals surface area contributed by atoms with Crippen molar-refractivity contribution in [1.82, 2.24) is 0 Å². The van der Waals surface area contributed by atoms with Crippen molar-refractivity contribution in [3.05, 3.63) is 0 Å². The zero-order valence-electron chi connectivity index (χ0n) is 23.9. The van der Waals surface area contributed by atoms with Gasteiger partial charge in [-0.25, -0.2) is 0 Å². The van der Waals surface area contributed by atoms with Gasteiger partial charge < -0.3 is 75.3 Å². The maximum Gasteiger partial charge on any atom is 0.0892 e. The molecule has 0 saturated carbocycles. The molecule has 7 atom stereocenters. The number of hydrogen-bond donors (Lipinski definition) is 14. The number of nitrogens with two attached hydrogens (primary N) is 6. The van der Waals surface area contributed by atoms with Gasteiger partial charge in [-0.05, 0) is 32.6 Å². The van der Waals surface area contributed by atoms with E-state index in [1.54, 1.807) is 6.92 Å². The fraction of sp³-hybridized carbons (Fsp3) is 1.00. The maximum atomic E-state index is 8.54. The summed E-state index contributed by atoms with van der Waals surface area (Å²) < 4.78 is 0. The Morgan fingerprint density at radius 2 is 0.730 bits per heavy atom. The van der Waals surface area contributed by atoms with E-state index in [0.717, 1.165) is 25.7 Å². The van der Waals surface area contributed by atoms with Crippen LogP contribution in [0.4, 0.5) is 0 Å². The molecule has 37 heavy (non-hydrogen) atoms. The molecule has 0 aliphatic rings. The summed E-state index contributed by atoms with van der Waals surface area (Å²) in [5.74, 6) is 0. The van der Waals surface area contributed by atoms with Crippen molar-refractivity contribution in [3.63, 3.8) is 0 Å². The van der Waals surface area contributed by atoms with E-state index in [-0.39, 0.29) is 70.4 Å². The molecule has 0 bridgehead atoms. The minimum atomic E-state index is -0.731. The second kappa shape index (κ2) is 42.5. The highest BCUT2D eigenvalue weighted by Gasteiger charge is 2.04. The molecule has 20 N–H and O–H groups in total. The molecule has 0 spiro atoms. The molecule has 0 rings (SSSR count). The van der Waals surface area contributed by atoms with Crippen LogP contribution in [0.25, 0.3) is 0 Å². The van der Waals surface area contributed by atoms with E-state index in [1.807, 2.05) is 27.7 Å². The molecule has 234 valence electrons. The fourth-order valence-corrected chi connectivity index (χ4v) is 0.743. The second-order valence-electron chi connectivity index (χ2n) is 8.06. The van der Waals surface area contributed by atoms with Crippen molar-refractivity contribution in [2.24, 2.45) is 34.4 Å². The summed E-state index contributed by atoms with van der Waals surface area (Å²) in [7, 11) is 0. The molecule has 14 heteroatoms. The first kappa shape index (κ1) is 49.4. The molecule has 0 radical (unpaired) electrons. The molecule has 0 saturated heterocycles. The smallest absolute Gasteiger partial charge is 0.0892 e. The van der Waals surface area contributed by atoms with Crippen LogP contribution in [-0.2, 0) is 0 Å². The van der Waals surface area contributed by atoms with Gasteiger partial charge in [0.1, 0.15) is 0 Å². The van der Waals surface area contributed by atoms with E-state index in [2.05, 4.69) is 0 Å². The van der Waals surface area contributed by atoms with Crippen LogP contribution in [0.3, 0.4) is 0 Å². The topological polar surface area (TPSA) is 318 Å². The quantitative estimate of drug-likeness (QED) is 0.109. The van der Waals surface area contributed by atoms with Gasteiger partial charge in [0.15, 0.2) is 0 Å². The van der Waals surface area contributed by atoms with Gasteiger partial charge in [0.05, 0.1) is 57.9 Å². The zero-order chi connectivity index (χ0) is 30.8. The van der Waals surface area contributed by atoms with Crippen molar-refractivity contribution in [2.45, 2.75) is 103 Å². The summed E-state index contributed by atoms with van der Waals surface area (Å²) in [6, 6.07) is -0.523. The van der Waals surface area contributed by atoms with Crippen LogP contribution < -0.4 is 34.4 Å². The minimum absolute atomic E-state index is 0.00926. The third kappa shape index (κ3) is 61.2.